The molecule has 12 heavy (non-hydrogen) atoms. The van der Waals surface area contributed by atoms with Crippen molar-refractivity contribution in [3.63, 3.8) is 0 Å². The molecule has 0 saturated carbocycles. The van der Waals surface area contributed by atoms with Crippen molar-refractivity contribution in [2.75, 3.05) is 13.2 Å². The lowest BCUT2D eigenvalue weighted by atomic mass is 9.91. The fourth-order valence-corrected chi connectivity index (χ4v) is 1.40. The van der Waals surface area contributed by atoms with Crippen LogP contribution >= 0.6 is 0 Å². The summed E-state index contributed by atoms with van der Waals surface area (Å²) in [7, 11) is 0. The van der Waals surface area contributed by atoms with Gasteiger partial charge >= 0.3 is 0 Å². The molecule has 2 nitrogen and oxygen atoms in total. The Hall–Kier alpha value is -0.860. The van der Waals surface area contributed by atoms with Gasteiger partial charge in [0.15, 0.2) is 0 Å². The van der Waals surface area contributed by atoms with Gasteiger partial charge in [0, 0.05) is 0 Å². The second kappa shape index (κ2) is 2.57. The Kier molecular flexibility index (Phi) is 1.67. The third kappa shape index (κ3) is 1.13. The number of ether oxygens (including phenoxy) is 1. The van der Waals surface area contributed by atoms with Gasteiger partial charge in [0.05, 0.1) is 13.2 Å². The first-order valence-electron chi connectivity index (χ1n) is 4.08. The van der Waals surface area contributed by atoms with E-state index in [0.717, 1.165) is 5.56 Å². The molecule has 0 amide bonds. The Morgan fingerprint density at radius 2 is 2.17 bits per heavy atom. The van der Waals surface area contributed by atoms with Gasteiger partial charge in [0.2, 0.25) is 0 Å². The minimum Gasteiger partial charge on any atom is -0.380 e. The van der Waals surface area contributed by atoms with E-state index in [2.05, 4.69) is 0 Å². The zero-order valence-electron chi connectivity index (χ0n) is 7.08. The van der Waals surface area contributed by atoms with E-state index in [1.165, 1.54) is 5.56 Å². The van der Waals surface area contributed by atoms with Crippen molar-refractivity contribution >= 4 is 0 Å². The molecule has 0 unspecified atom stereocenters. The largest absolute Gasteiger partial charge is 0.380 e. The third-order valence-corrected chi connectivity index (χ3v) is 2.24. The molecule has 0 atom stereocenters. The lowest BCUT2D eigenvalue weighted by Crippen LogP contribution is -2.46. The molecule has 0 bridgehead atoms. The molecule has 1 N–H and O–H groups in total. The molecule has 1 aliphatic rings. The minimum absolute atomic E-state index is 0.427. The van der Waals surface area contributed by atoms with Crippen LogP contribution in [0.15, 0.2) is 24.3 Å². The Labute approximate surface area is 71.8 Å². The molecule has 1 saturated heterocycles. The van der Waals surface area contributed by atoms with E-state index in [4.69, 9.17) is 4.74 Å². The van der Waals surface area contributed by atoms with Crippen LogP contribution in [0.4, 0.5) is 0 Å². The smallest absolute Gasteiger partial charge is 0.136 e. The van der Waals surface area contributed by atoms with Crippen LogP contribution in [0, 0.1) is 6.92 Å². The van der Waals surface area contributed by atoms with Gasteiger partial charge in [-0.15, -0.1) is 0 Å². The van der Waals surface area contributed by atoms with Gasteiger partial charge in [-0.2, -0.15) is 0 Å². The molecule has 2 rings (SSSR count). The van der Waals surface area contributed by atoms with E-state index < -0.39 is 5.60 Å². The molecule has 0 aromatic heterocycles. The maximum absolute atomic E-state index is 9.88. The second-order valence-corrected chi connectivity index (χ2v) is 3.39. The monoisotopic (exact) mass is 164 g/mol. The molecule has 1 aromatic carbocycles. The summed E-state index contributed by atoms with van der Waals surface area (Å²) in [5, 5.41) is 9.88. The van der Waals surface area contributed by atoms with E-state index in [1.54, 1.807) is 0 Å². The molecule has 1 fully saturated rings. The van der Waals surface area contributed by atoms with Gasteiger partial charge in [-0.05, 0) is 12.5 Å². The predicted octanol–water partition coefficient (Wildman–Crippen LogP) is 1.21. The van der Waals surface area contributed by atoms with Crippen molar-refractivity contribution < 1.29 is 9.84 Å². The van der Waals surface area contributed by atoms with Crippen molar-refractivity contribution in [2.24, 2.45) is 0 Å². The molecular formula is C10H12O2. The quantitative estimate of drug-likeness (QED) is 0.676. The maximum atomic E-state index is 9.88. The normalized spacial score (nSPS) is 20.2. The first kappa shape index (κ1) is 7.77. The van der Waals surface area contributed by atoms with Crippen LogP contribution in [0.3, 0.4) is 0 Å². The van der Waals surface area contributed by atoms with Gasteiger partial charge in [0.1, 0.15) is 5.60 Å². The molecule has 1 aliphatic heterocycles. The van der Waals surface area contributed by atoms with E-state index in [-0.39, 0.29) is 0 Å². The topological polar surface area (TPSA) is 29.5 Å². The Morgan fingerprint density at radius 1 is 1.42 bits per heavy atom. The number of aryl methyl sites for hydroxylation is 1. The second-order valence-electron chi connectivity index (χ2n) is 3.39. The molecular weight excluding hydrogens is 152 g/mol. The predicted molar refractivity (Wildman–Crippen MR) is 45.9 cm³/mol. The lowest BCUT2D eigenvalue weighted by molar-refractivity contribution is -0.184. The van der Waals surface area contributed by atoms with Crippen LogP contribution in [0.1, 0.15) is 11.1 Å². The first-order chi connectivity index (χ1) is 5.71. The van der Waals surface area contributed by atoms with Crippen LogP contribution in [-0.2, 0) is 10.3 Å². The number of benzene rings is 1. The summed E-state index contributed by atoms with van der Waals surface area (Å²) in [6.07, 6.45) is 0. The molecule has 1 heterocycles. The number of hydrogen-bond acceptors (Lipinski definition) is 2. The summed E-state index contributed by atoms with van der Waals surface area (Å²) < 4.78 is 4.98. The molecule has 64 valence electrons. The molecule has 0 radical (unpaired) electrons. The Morgan fingerprint density at radius 3 is 2.67 bits per heavy atom. The average molecular weight is 164 g/mol. The summed E-state index contributed by atoms with van der Waals surface area (Å²) >= 11 is 0. The van der Waals surface area contributed by atoms with Crippen LogP contribution < -0.4 is 0 Å². The van der Waals surface area contributed by atoms with Crippen molar-refractivity contribution in [2.45, 2.75) is 12.5 Å². The van der Waals surface area contributed by atoms with Gasteiger partial charge in [0.25, 0.3) is 0 Å². The van der Waals surface area contributed by atoms with Crippen molar-refractivity contribution in [1.82, 2.24) is 0 Å². The summed E-state index contributed by atoms with van der Waals surface area (Å²) in [4.78, 5) is 0. The number of rotatable bonds is 1. The highest BCUT2D eigenvalue weighted by molar-refractivity contribution is 5.28. The summed E-state index contributed by atoms with van der Waals surface area (Å²) in [6, 6.07) is 7.92. The van der Waals surface area contributed by atoms with Crippen molar-refractivity contribution in [3.8, 4) is 0 Å². The van der Waals surface area contributed by atoms with Crippen LogP contribution in [-0.4, -0.2) is 18.3 Å². The number of aliphatic hydroxyl groups is 1. The fourth-order valence-electron chi connectivity index (χ4n) is 1.40. The van der Waals surface area contributed by atoms with E-state index in [0.29, 0.717) is 13.2 Å². The van der Waals surface area contributed by atoms with Gasteiger partial charge in [-0.3, -0.25) is 0 Å². The third-order valence-electron chi connectivity index (χ3n) is 2.24. The fraction of sp³-hybridized carbons (Fsp3) is 0.400. The summed E-state index contributed by atoms with van der Waals surface area (Å²) in [5.74, 6) is 0. The first-order valence-corrected chi connectivity index (χ1v) is 4.08. The summed E-state index contributed by atoms with van der Waals surface area (Å²) in [6.45, 7) is 2.87. The van der Waals surface area contributed by atoms with E-state index in [1.807, 2.05) is 31.2 Å². The standard InChI is InChI=1S/C10H12O2/c1-8-3-2-4-9(5-8)10(11)6-12-7-10/h2-5,11H,6-7H2,1H3. The molecule has 1 aromatic rings. The maximum Gasteiger partial charge on any atom is 0.136 e. The molecule has 2 heteroatoms. The van der Waals surface area contributed by atoms with Gasteiger partial charge in [-0.25, -0.2) is 0 Å². The zero-order chi connectivity index (χ0) is 8.60. The highest BCUT2D eigenvalue weighted by atomic mass is 16.5. The van der Waals surface area contributed by atoms with Crippen molar-refractivity contribution in [3.05, 3.63) is 35.4 Å². The Balaban J connectivity index is 2.33. The van der Waals surface area contributed by atoms with E-state index in [9.17, 15) is 5.11 Å². The summed E-state index contributed by atoms with van der Waals surface area (Å²) in [5.41, 5.74) is 1.42. The molecule has 0 spiro atoms. The van der Waals surface area contributed by atoms with Gasteiger partial charge < -0.3 is 9.84 Å². The van der Waals surface area contributed by atoms with Crippen LogP contribution in [0.25, 0.3) is 0 Å². The SMILES string of the molecule is Cc1cccc(C2(O)COC2)c1. The molecule has 0 aliphatic carbocycles. The minimum atomic E-state index is -0.716. The van der Waals surface area contributed by atoms with Gasteiger partial charge in [-0.1, -0.05) is 29.8 Å². The zero-order valence-corrected chi connectivity index (χ0v) is 7.08. The van der Waals surface area contributed by atoms with Crippen LogP contribution in [0.5, 0.6) is 0 Å². The highest BCUT2D eigenvalue weighted by Gasteiger charge is 2.37. The lowest BCUT2D eigenvalue weighted by Gasteiger charge is -2.36. The number of hydrogen-bond donors (Lipinski definition) is 1. The average Bonchev–Trinajstić information content (AvgIpc) is 2.00. The van der Waals surface area contributed by atoms with E-state index >= 15 is 0 Å². The van der Waals surface area contributed by atoms with Crippen molar-refractivity contribution in [1.29, 1.82) is 0 Å². The van der Waals surface area contributed by atoms with Crippen LogP contribution in [0.2, 0.25) is 0 Å². The highest BCUT2D eigenvalue weighted by Crippen LogP contribution is 2.29. The Bertz CT molecular complexity index is 290.